The van der Waals surface area contributed by atoms with E-state index in [1.807, 2.05) is 18.2 Å². The molecule has 6 nitrogen and oxygen atoms in total. The fourth-order valence-electron chi connectivity index (χ4n) is 3.19. The number of methoxy groups -OCH3 is 1. The van der Waals surface area contributed by atoms with E-state index < -0.39 is 5.72 Å². The number of hydrogen-bond donors (Lipinski definition) is 2. The van der Waals surface area contributed by atoms with Gasteiger partial charge in [0.25, 0.3) is 5.91 Å². The van der Waals surface area contributed by atoms with Gasteiger partial charge in [0, 0.05) is 25.2 Å². The number of halogens is 1. The molecule has 0 aliphatic carbocycles. The Kier molecular flexibility index (Phi) is 5.08. The molecule has 2 saturated heterocycles. The molecule has 0 saturated carbocycles. The highest BCUT2D eigenvalue weighted by Gasteiger charge is 2.62. The van der Waals surface area contributed by atoms with Crippen molar-refractivity contribution in [3.05, 3.63) is 34.9 Å². The molecule has 130 valence electrons. The van der Waals surface area contributed by atoms with Crippen LogP contribution in [0.2, 0.25) is 5.02 Å². The third kappa shape index (κ3) is 3.27. The first-order valence-electron chi connectivity index (χ1n) is 8.22. The van der Waals surface area contributed by atoms with Crippen molar-refractivity contribution in [1.29, 1.82) is 0 Å². The van der Waals surface area contributed by atoms with Gasteiger partial charge < -0.3 is 15.0 Å². The van der Waals surface area contributed by atoms with Crippen LogP contribution in [-0.4, -0.2) is 49.2 Å². The maximum atomic E-state index is 12.5. The number of hydrogen-bond acceptors (Lipinski definition) is 4. The Bertz CT molecular complexity index is 633. The Morgan fingerprint density at radius 3 is 2.71 bits per heavy atom. The molecular weight excluding hydrogens is 330 g/mol. The van der Waals surface area contributed by atoms with Crippen molar-refractivity contribution in [2.75, 3.05) is 26.7 Å². The summed E-state index contributed by atoms with van der Waals surface area (Å²) in [5.74, 6) is -0.399. The molecule has 0 spiro atoms. The van der Waals surface area contributed by atoms with Crippen LogP contribution in [0.25, 0.3) is 0 Å². The van der Waals surface area contributed by atoms with Crippen LogP contribution in [0.4, 0.5) is 0 Å². The van der Waals surface area contributed by atoms with E-state index in [0.29, 0.717) is 5.02 Å². The topological polar surface area (TPSA) is 80.6 Å². The minimum atomic E-state index is -1.16. The maximum Gasteiger partial charge on any atom is 0.270 e. The number of likely N-dealkylation sites (tertiary alicyclic amines) is 1. The van der Waals surface area contributed by atoms with E-state index in [9.17, 15) is 9.59 Å². The number of carbonyl (C=O) groups is 2. The summed E-state index contributed by atoms with van der Waals surface area (Å²) >= 11 is 6.19. The molecule has 0 bridgehead atoms. The molecule has 2 aliphatic heterocycles. The van der Waals surface area contributed by atoms with Gasteiger partial charge in [0.05, 0.1) is 12.6 Å². The Morgan fingerprint density at radius 2 is 2.04 bits per heavy atom. The third-order valence-electron chi connectivity index (χ3n) is 4.67. The summed E-state index contributed by atoms with van der Waals surface area (Å²) < 4.78 is 5.40. The number of amides is 2. The van der Waals surface area contributed by atoms with E-state index in [0.717, 1.165) is 37.9 Å². The predicted molar refractivity (Wildman–Crippen MR) is 90.5 cm³/mol. The molecule has 2 fully saturated rings. The fraction of sp³-hybridized carbons (Fsp3) is 0.529. The molecule has 1 aromatic carbocycles. The van der Waals surface area contributed by atoms with Gasteiger partial charge in [-0.3, -0.25) is 14.9 Å². The Hall–Kier alpha value is -1.63. The monoisotopic (exact) mass is 351 g/mol. The lowest BCUT2D eigenvalue weighted by molar-refractivity contribution is -0.139. The van der Waals surface area contributed by atoms with Crippen molar-refractivity contribution < 1.29 is 14.3 Å². The minimum Gasteiger partial charge on any atom is -0.353 e. The standard InChI is InChI=1S/C17H22ClN3O3/c1-24-17(15(20-17)12-7-3-4-8-13(12)18)16(23)19-11-14(22)21-9-5-2-6-10-21/h3-4,7-8,15,20H,2,5-6,9-11H2,1H3,(H,19,23)/t15-,17+/m0/s1. The van der Waals surface area contributed by atoms with E-state index in [1.165, 1.54) is 7.11 Å². The molecule has 0 unspecified atom stereocenters. The zero-order chi connectivity index (χ0) is 17.2. The first kappa shape index (κ1) is 17.2. The van der Waals surface area contributed by atoms with Crippen molar-refractivity contribution >= 4 is 23.4 Å². The van der Waals surface area contributed by atoms with E-state index >= 15 is 0 Å². The van der Waals surface area contributed by atoms with Crippen LogP contribution in [0, 0.1) is 0 Å². The highest BCUT2D eigenvalue weighted by atomic mass is 35.5. The summed E-state index contributed by atoms with van der Waals surface area (Å²) in [7, 11) is 1.47. The van der Waals surface area contributed by atoms with Gasteiger partial charge in [-0.1, -0.05) is 29.8 Å². The number of nitrogens with one attached hydrogen (secondary N) is 2. The summed E-state index contributed by atoms with van der Waals surface area (Å²) in [6, 6.07) is 7.00. The average molecular weight is 352 g/mol. The highest BCUT2D eigenvalue weighted by Crippen LogP contribution is 2.43. The van der Waals surface area contributed by atoms with Gasteiger partial charge >= 0.3 is 0 Å². The Morgan fingerprint density at radius 1 is 1.33 bits per heavy atom. The van der Waals surface area contributed by atoms with Crippen LogP contribution in [0.3, 0.4) is 0 Å². The Labute approximate surface area is 146 Å². The molecule has 2 heterocycles. The molecule has 0 aromatic heterocycles. The second-order valence-corrected chi connectivity index (χ2v) is 6.57. The predicted octanol–water partition coefficient (Wildman–Crippen LogP) is 1.46. The third-order valence-corrected chi connectivity index (χ3v) is 5.01. The van der Waals surface area contributed by atoms with Crippen LogP contribution in [-0.2, 0) is 14.3 Å². The van der Waals surface area contributed by atoms with Crippen molar-refractivity contribution in [1.82, 2.24) is 15.5 Å². The molecule has 1 aromatic rings. The quantitative estimate of drug-likeness (QED) is 0.787. The molecule has 3 rings (SSSR count). The largest absolute Gasteiger partial charge is 0.353 e. The van der Waals surface area contributed by atoms with E-state index in [1.54, 1.807) is 11.0 Å². The maximum absolute atomic E-state index is 12.5. The summed E-state index contributed by atoms with van der Waals surface area (Å²) in [6.45, 7) is 1.52. The first-order chi connectivity index (χ1) is 11.6. The van der Waals surface area contributed by atoms with E-state index in [2.05, 4.69) is 10.6 Å². The average Bonchev–Trinajstić information content (AvgIpc) is 3.36. The van der Waals surface area contributed by atoms with Gasteiger partial charge in [-0.25, -0.2) is 0 Å². The van der Waals surface area contributed by atoms with Gasteiger partial charge in [0.1, 0.15) is 0 Å². The summed E-state index contributed by atoms with van der Waals surface area (Å²) in [6.07, 6.45) is 3.21. The van der Waals surface area contributed by atoms with Gasteiger partial charge in [-0.2, -0.15) is 0 Å². The van der Waals surface area contributed by atoms with Crippen LogP contribution >= 0.6 is 11.6 Å². The summed E-state index contributed by atoms with van der Waals surface area (Å²) in [5, 5.41) is 6.32. The number of piperidine rings is 1. The molecule has 2 atom stereocenters. The second-order valence-electron chi connectivity index (χ2n) is 6.16. The van der Waals surface area contributed by atoms with Crippen LogP contribution in [0.1, 0.15) is 30.9 Å². The normalized spacial score (nSPS) is 26.1. The molecule has 0 radical (unpaired) electrons. The molecule has 24 heavy (non-hydrogen) atoms. The highest BCUT2D eigenvalue weighted by molar-refractivity contribution is 6.31. The number of nitrogens with zero attached hydrogens (tertiary/aromatic N) is 1. The molecule has 2 amide bonds. The van der Waals surface area contributed by atoms with Gasteiger partial charge in [-0.15, -0.1) is 0 Å². The van der Waals surface area contributed by atoms with Crippen LogP contribution in [0.5, 0.6) is 0 Å². The SMILES string of the molecule is CO[C@]1(C(=O)NCC(=O)N2CCCCC2)N[C@H]1c1ccccc1Cl. The van der Waals surface area contributed by atoms with E-state index in [4.69, 9.17) is 16.3 Å². The van der Waals surface area contributed by atoms with E-state index in [-0.39, 0.29) is 24.4 Å². The molecule has 2 N–H and O–H groups in total. The molecular formula is C17H22ClN3O3. The van der Waals surface area contributed by atoms with Gasteiger partial charge in [-0.05, 0) is 30.9 Å². The number of rotatable bonds is 5. The van der Waals surface area contributed by atoms with Gasteiger partial charge in [0.15, 0.2) is 0 Å². The number of ether oxygens (including phenoxy) is 1. The molecule has 2 aliphatic rings. The zero-order valence-corrected chi connectivity index (χ0v) is 14.4. The first-order valence-corrected chi connectivity index (χ1v) is 8.59. The van der Waals surface area contributed by atoms with Gasteiger partial charge in [0.2, 0.25) is 11.6 Å². The number of carbonyl (C=O) groups excluding carboxylic acids is 2. The fourth-order valence-corrected chi connectivity index (χ4v) is 3.43. The van der Waals surface area contributed by atoms with Crippen molar-refractivity contribution in [3.63, 3.8) is 0 Å². The lowest BCUT2D eigenvalue weighted by Gasteiger charge is -2.27. The number of benzene rings is 1. The van der Waals surface area contributed by atoms with Crippen molar-refractivity contribution in [2.45, 2.75) is 31.0 Å². The zero-order valence-electron chi connectivity index (χ0n) is 13.7. The van der Waals surface area contributed by atoms with Crippen molar-refractivity contribution in [2.24, 2.45) is 0 Å². The molecule has 7 heteroatoms. The summed E-state index contributed by atoms with van der Waals surface area (Å²) in [5.41, 5.74) is -0.355. The van der Waals surface area contributed by atoms with Crippen LogP contribution in [0.15, 0.2) is 24.3 Å². The smallest absolute Gasteiger partial charge is 0.270 e. The Balaban J connectivity index is 1.59. The summed E-state index contributed by atoms with van der Waals surface area (Å²) in [4.78, 5) is 26.5. The lowest BCUT2D eigenvalue weighted by Crippen LogP contribution is -2.47. The van der Waals surface area contributed by atoms with Crippen molar-refractivity contribution in [3.8, 4) is 0 Å². The minimum absolute atomic E-state index is 0.0130. The second kappa shape index (κ2) is 7.09. The lowest BCUT2D eigenvalue weighted by atomic mass is 10.1. The van der Waals surface area contributed by atoms with Crippen LogP contribution < -0.4 is 10.6 Å².